The van der Waals surface area contributed by atoms with Crippen molar-refractivity contribution in [1.29, 1.82) is 0 Å². The van der Waals surface area contributed by atoms with Gasteiger partial charge in [-0.15, -0.1) is 0 Å². The summed E-state index contributed by atoms with van der Waals surface area (Å²) >= 11 is 0. The molecule has 0 saturated carbocycles. The molecule has 1 aliphatic rings. The number of esters is 2. The molecule has 0 unspecified atom stereocenters. The number of carbonyl (C=O) groups excluding carboxylic acids is 2. The summed E-state index contributed by atoms with van der Waals surface area (Å²) in [6.45, 7) is 0. The van der Waals surface area contributed by atoms with Gasteiger partial charge >= 0.3 is 11.9 Å². The smallest absolute Gasteiger partial charge is 0.324 e. The molecule has 0 fully saturated rings. The number of allylic oxidation sites excluding steroid dienone is 1. The Bertz CT molecular complexity index is 1620. The second kappa shape index (κ2) is 11.8. The molecular formula is C33H29NO8. The van der Waals surface area contributed by atoms with Crippen LogP contribution < -0.4 is 0 Å². The molecule has 0 N–H and O–H groups in total. The Morgan fingerprint density at radius 1 is 0.881 bits per heavy atom. The number of carbonyl (C=O) groups is 2. The molecule has 0 aliphatic heterocycles. The van der Waals surface area contributed by atoms with Crippen molar-refractivity contribution in [3.63, 3.8) is 0 Å². The second-order valence-electron chi connectivity index (χ2n) is 9.97. The van der Waals surface area contributed by atoms with E-state index in [1.54, 1.807) is 25.3 Å². The first-order chi connectivity index (χ1) is 20.3. The van der Waals surface area contributed by atoms with Crippen LogP contribution in [0.2, 0.25) is 0 Å². The van der Waals surface area contributed by atoms with Gasteiger partial charge in [-0.1, -0.05) is 66.7 Å². The Hall–Kier alpha value is -5.02. The van der Waals surface area contributed by atoms with E-state index >= 15 is 0 Å². The predicted octanol–water partition coefficient (Wildman–Crippen LogP) is 6.41. The lowest BCUT2D eigenvalue weighted by molar-refractivity contribution is -0.384. The van der Waals surface area contributed by atoms with Crippen LogP contribution in [0.4, 0.5) is 5.69 Å². The third-order valence-electron chi connectivity index (χ3n) is 7.53. The number of nitro benzene ring substituents is 1. The van der Waals surface area contributed by atoms with Crippen LogP contribution in [0.3, 0.4) is 0 Å². The zero-order valence-electron chi connectivity index (χ0n) is 23.4. The number of furan rings is 1. The van der Waals surface area contributed by atoms with Crippen molar-refractivity contribution in [3.05, 3.63) is 123 Å². The minimum atomic E-state index is -1.71. The molecule has 9 nitrogen and oxygen atoms in total. The topological polar surface area (TPSA) is 118 Å². The Labute approximate surface area is 242 Å². The molecule has 0 amide bonds. The molecule has 3 aromatic carbocycles. The van der Waals surface area contributed by atoms with Crippen molar-refractivity contribution in [2.45, 2.75) is 18.9 Å². The molecule has 9 heteroatoms. The first-order valence-electron chi connectivity index (χ1n) is 13.2. The summed E-state index contributed by atoms with van der Waals surface area (Å²) in [6.07, 6.45) is 1.10. The average molecular weight is 568 g/mol. The van der Waals surface area contributed by atoms with Crippen LogP contribution in [0.15, 0.2) is 89.3 Å². The minimum Gasteiger partial charge on any atom is -0.468 e. The van der Waals surface area contributed by atoms with Gasteiger partial charge in [0.2, 0.25) is 0 Å². The highest BCUT2D eigenvalue weighted by Crippen LogP contribution is 2.52. The highest BCUT2D eigenvalue weighted by molar-refractivity contribution is 6.05. The fourth-order valence-electron chi connectivity index (χ4n) is 5.60. The summed E-state index contributed by atoms with van der Waals surface area (Å²) in [6, 6.07) is 25.2. The number of nitrogens with zero attached hydrogens (tertiary/aromatic N) is 1. The van der Waals surface area contributed by atoms with Gasteiger partial charge in [0.1, 0.15) is 17.6 Å². The van der Waals surface area contributed by atoms with Crippen molar-refractivity contribution in [2.75, 3.05) is 21.3 Å². The maximum Gasteiger partial charge on any atom is 0.324 e. The molecule has 0 saturated heterocycles. The standard InChI is InChI=1S/C33H29NO8/c1-39-29(22-10-6-4-7-11-22)28-27-24(18-21-14-16-25(17-15-21)34(37)38)19-33(31(35)40-2,32(36)41-3)20-26(27)42-30(28)23-12-8-5-9-13-23/h4-18,29H,19-20H2,1-3H3/b24-18+/t29-/m1/s1. The predicted molar refractivity (Wildman–Crippen MR) is 155 cm³/mol. The van der Waals surface area contributed by atoms with Gasteiger partial charge in [0, 0.05) is 48.8 Å². The number of ether oxygens (including phenoxy) is 3. The summed E-state index contributed by atoms with van der Waals surface area (Å²) in [7, 11) is 4.06. The van der Waals surface area contributed by atoms with Gasteiger partial charge in [0.05, 0.1) is 19.1 Å². The Kier molecular flexibility index (Phi) is 8.04. The molecule has 42 heavy (non-hydrogen) atoms. The first kappa shape index (κ1) is 28.5. The van der Waals surface area contributed by atoms with E-state index in [-0.39, 0.29) is 18.5 Å². The van der Waals surface area contributed by atoms with Crippen molar-refractivity contribution in [3.8, 4) is 11.3 Å². The van der Waals surface area contributed by atoms with E-state index in [0.29, 0.717) is 28.2 Å². The molecule has 4 aromatic rings. The molecule has 214 valence electrons. The van der Waals surface area contributed by atoms with Crippen LogP contribution in [-0.2, 0) is 30.2 Å². The van der Waals surface area contributed by atoms with Crippen molar-refractivity contribution >= 4 is 29.3 Å². The number of fused-ring (bicyclic) bond motifs is 1. The minimum absolute atomic E-state index is 0.0533. The normalized spacial score (nSPS) is 15.5. The van der Waals surface area contributed by atoms with Crippen LogP contribution in [0.1, 0.15) is 40.5 Å². The number of rotatable bonds is 8. The second-order valence-corrected chi connectivity index (χ2v) is 9.97. The molecule has 1 aromatic heterocycles. The van der Waals surface area contributed by atoms with Gasteiger partial charge in [0.25, 0.3) is 5.69 Å². The molecule has 1 aliphatic carbocycles. The van der Waals surface area contributed by atoms with E-state index < -0.39 is 28.4 Å². The van der Waals surface area contributed by atoms with Gasteiger partial charge in [0.15, 0.2) is 5.41 Å². The lowest BCUT2D eigenvalue weighted by Gasteiger charge is -2.33. The Morgan fingerprint density at radius 2 is 1.48 bits per heavy atom. The maximum atomic E-state index is 13.3. The van der Waals surface area contributed by atoms with Crippen molar-refractivity contribution in [1.82, 2.24) is 0 Å². The van der Waals surface area contributed by atoms with Crippen LogP contribution in [0.25, 0.3) is 23.0 Å². The lowest BCUT2D eigenvalue weighted by Crippen LogP contribution is -2.45. The van der Waals surface area contributed by atoms with E-state index in [0.717, 1.165) is 16.7 Å². The van der Waals surface area contributed by atoms with Gasteiger partial charge in [-0.3, -0.25) is 19.7 Å². The number of benzene rings is 3. The fraction of sp³-hybridized carbons (Fsp3) is 0.212. The summed E-state index contributed by atoms with van der Waals surface area (Å²) in [5.41, 5.74) is 2.58. The summed E-state index contributed by atoms with van der Waals surface area (Å²) in [5.74, 6) is -0.561. The highest BCUT2D eigenvalue weighted by Gasteiger charge is 2.54. The van der Waals surface area contributed by atoms with Gasteiger partial charge in [-0.05, 0) is 28.8 Å². The van der Waals surface area contributed by atoms with E-state index in [1.807, 2.05) is 60.7 Å². The van der Waals surface area contributed by atoms with Crippen LogP contribution in [-0.4, -0.2) is 38.2 Å². The highest BCUT2D eigenvalue weighted by atomic mass is 16.6. The SMILES string of the molecule is COC(=O)C1(C(=O)OC)C/C(=C\c2ccc([N+](=O)[O-])cc2)c2c(oc(-c3ccccc3)c2[C@H](OC)c2ccccc2)C1. The summed E-state index contributed by atoms with van der Waals surface area (Å²) in [4.78, 5) is 37.4. The number of non-ortho nitro benzene ring substituents is 1. The quantitative estimate of drug-likeness (QED) is 0.104. The van der Waals surface area contributed by atoms with Crippen molar-refractivity contribution in [2.24, 2.45) is 5.41 Å². The molecule has 1 heterocycles. The molecule has 5 rings (SSSR count). The first-order valence-corrected chi connectivity index (χ1v) is 13.2. The summed E-state index contributed by atoms with van der Waals surface area (Å²) in [5, 5.41) is 11.3. The monoisotopic (exact) mass is 567 g/mol. The number of nitro groups is 1. The van der Waals surface area contributed by atoms with E-state index in [2.05, 4.69) is 0 Å². The van der Waals surface area contributed by atoms with E-state index in [1.165, 1.54) is 26.4 Å². The average Bonchev–Trinajstić information content (AvgIpc) is 3.41. The molecule has 0 radical (unpaired) electrons. The molecular weight excluding hydrogens is 538 g/mol. The zero-order chi connectivity index (χ0) is 29.9. The van der Waals surface area contributed by atoms with Crippen LogP contribution >= 0.6 is 0 Å². The van der Waals surface area contributed by atoms with Gasteiger partial charge in [-0.25, -0.2) is 0 Å². The fourth-order valence-corrected chi connectivity index (χ4v) is 5.60. The molecule has 0 bridgehead atoms. The number of hydrogen-bond donors (Lipinski definition) is 0. The number of hydrogen-bond acceptors (Lipinski definition) is 8. The van der Waals surface area contributed by atoms with Gasteiger partial charge in [-0.2, -0.15) is 0 Å². The van der Waals surface area contributed by atoms with Crippen LogP contribution in [0.5, 0.6) is 0 Å². The van der Waals surface area contributed by atoms with Crippen molar-refractivity contribution < 1.29 is 33.1 Å². The van der Waals surface area contributed by atoms with Gasteiger partial charge < -0.3 is 18.6 Å². The van der Waals surface area contributed by atoms with E-state index in [9.17, 15) is 19.7 Å². The number of methoxy groups -OCH3 is 3. The zero-order valence-corrected chi connectivity index (χ0v) is 23.4. The summed E-state index contributed by atoms with van der Waals surface area (Å²) < 4.78 is 22.9. The lowest BCUT2D eigenvalue weighted by atomic mass is 9.70. The third-order valence-corrected chi connectivity index (χ3v) is 7.53. The largest absolute Gasteiger partial charge is 0.468 e. The van der Waals surface area contributed by atoms with Crippen LogP contribution in [0, 0.1) is 15.5 Å². The Morgan fingerprint density at radius 3 is 2.02 bits per heavy atom. The Balaban J connectivity index is 1.82. The third kappa shape index (κ3) is 5.10. The molecule has 1 atom stereocenters. The maximum absolute atomic E-state index is 13.3. The molecule has 0 spiro atoms. The van der Waals surface area contributed by atoms with E-state index in [4.69, 9.17) is 18.6 Å².